The topological polar surface area (TPSA) is 54.0 Å². The summed E-state index contributed by atoms with van der Waals surface area (Å²) in [4.78, 5) is 13.9. The van der Waals surface area contributed by atoms with Crippen LogP contribution in [0.1, 0.15) is 191 Å². The summed E-state index contributed by atoms with van der Waals surface area (Å²) >= 11 is 0. The predicted octanol–water partition coefficient (Wildman–Crippen LogP) is 16.3. The molecule has 0 aromatic heterocycles. The Morgan fingerprint density at radius 1 is 0.297 bits per heavy atom. The number of ketones is 1. The van der Waals surface area contributed by atoms with Crippen molar-refractivity contribution in [3.05, 3.63) is 177 Å². The molecule has 5 nitrogen and oxygen atoms in total. The largest absolute Gasteiger partial charge is 0.492 e. The Morgan fingerprint density at radius 2 is 0.595 bits per heavy atom. The van der Waals surface area contributed by atoms with Crippen molar-refractivity contribution in [2.24, 2.45) is 0 Å². The van der Waals surface area contributed by atoms with E-state index in [-0.39, 0.29) is 5.78 Å². The SMILES string of the molecule is CCCCCCOc1cc(C#Cc2ccc3c(c2)-c2cc(C#Cc4cc(OCCCCCC)c(C#Cc5ccccc5)cc4OCCCCCC)ccc2C3=O)c(OCCCCCC)cc1C#Cc1ccccc1. The van der Waals surface area contributed by atoms with Crippen molar-refractivity contribution >= 4 is 5.78 Å². The molecular weight excluding hydrogens is 909 g/mol. The fourth-order valence-electron chi connectivity index (χ4n) is 8.66. The first kappa shape index (κ1) is 54.2. The molecule has 0 spiro atoms. The molecule has 5 heteroatoms. The van der Waals surface area contributed by atoms with E-state index in [9.17, 15) is 4.79 Å². The molecule has 74 heavy (non-hydrogen) atoms. The Bertz CT molecular complexity index is 2840. The van der Waals surface area contributed by atoms with Gasteiger partial charge in [0.15, 0.2) is 5.78 Å². The van der Waals surface area contributed by atoms with Gasteiger partial charge in [-0.15, -0.1) is 0 Å². The Balaban J connectivity index is 1.22. The van der Waals surface area contributed by atoms with Crippen molar-refractivity contribution in [3.8, 4) is 81.5 Å². The van der Waals surface area contributed by atoms with Crippen LogP contribution < -0.4 is 18.9 Å². The maximum atomic E-state index is 13.9. The van der Waals surface area contributed by atoms with Gasteiger partial charge in [0.05, 0.1) is 48.7 Å². The lowest BCUT2D eigenvalue weighted by molar-refractivity contribution is 0.104. The summed E-state index contributed by atoms with van der Waals surface area (Å²) in [6.07, 6.45) is 17.5. The predicted molar refractivity (Wildman–Crippen MR) is 304 cm³/mol. The molecule has 0 heterocycles. The lowest BCUT2D eigenvalue weighted by atomic mass is 10.0. The van der Waals surface area contributed by atoms with Crippen molar-refractivity contribution in [1.82, 2.24) is 0 Å². The molecule has 0 amide bonds. The second kappa shape index (κ2) is 29.8. The molecule has 6 aromatic carbocycles. The van der Waals surface area contributed by atoms with Crippen LogP contribution in [-0.2, 0) is 0 Å². The van der Waals surface area contributed by atoms with E-state index in [1.165, 1.54) is 12.8 Å². The number of benzene rings is 6. The van der Waals surface area contributed by atoms with E-state index < -0.39 is 0 Å². The lowest BCUT2D eigenvalue weighted by Gasteiger charge is -2.14. The van der Waals surface area contributed by atoms with Crippen LogP contribution in [0.25, 0.3) is 11.1 Å². The third-order valence-electron chi connectivity index (χ3n) is 12.9. The summed E-state index contributed by atoms with van der Waals surface area (Å²) in [7, 11) is 0. The Kier molecular flexibility index (Phi) is 21.8. The van der Waals surface area contributed by atoms with Crippen molar-refractivity contribution in [1.29, 1.82) is 0 Å². The van der Waals surface area contributed by atoms with E-state index in [2.05, 4.69) is 75.1 Å². The molecule has 1 aliphatic rings. The van der Waals surface area contributed by atoms with Gasteiger partial charge >= 0.3 is 0 Å². The van der Waals surface area contributed by atoms with Gasteiger partial charge in [-0.25, -0.2) is 0 Å². The molecule has 0 unspecified atom stereocenters. The number of rotatable bonds is 24. The number of unbranched alkanes of at least 4 members (excludes halogenated alkanes) is 12. The molecule has 0 atom stereocenters. The second-order valence-corrected chi connectivity index (χ2v) is 18.9. The first-order valence-corrected chi connectivity index (χ1v) is 27.4. The van der Waals surface area contributed by atoms with Gasteiger partial charge in [-0.1, -0.05) is 189 Å². The second-order valence-electron chi connectivity index (χ2n) is 18.9. The molecule has 0 radical (unpaired) electrons. The van der Waals surface area contributed by atoms with Crippen LogP contribution in [0.4, 0.5) is 0 Å². The molecule has 0 bridgehead atoms. The van der Waals surface area contributed by atoms with Gasteiger partial charge in [0.1, 0.15) is 23.0 Å². The maximum Gasteiger partial charge on any atom is 0.194 e. The average Bonchev–Trinajstić information content (AvgIpc) is 3.71. The van der Waals surface area contributed by atoms with Crippen LogP contribution in [0.3, 0.4) is 0 Å². The molecular formula is C69H72O5. The fourth-order valence-corrected chi connectivity index (χ4v) is 8.66. The van der Waals surface area contributed by atoms with Gasteiger partial charge < -0.3 is 18.9 Å². The third-order valence-corrected chi connectivity index (χ3v) is 12.9. The minimum atomic E-state index is -0.00704. The minimum Gasteiger partial charge on any atom is -0.492 e. The zero-order valence-corrected chi connectivity index (χ0v) is 44.2. The number of ether oxygens (including phenoxy) is 4. The number of carbonyl (C=O) groups is 1. The van der Waals surface area contributed by atoms with Crippen molar-refractivity contribution in [2.75, 3.05) is 26.4 Å². The van der Waals surface area contributed by atoms with E-state index >= 15 is 0 Å². The lowest BCUT2D eigenvalue weighted by Crippen LogP contribution is -2.03. The van der Waals surface area contributed by atoms with Crippen LogP contribution in [0.5, 0.6) is 23.0 Å². The third kappa shape index (κ3) is 16.2. The standard InChI is InChI=1S/C69H72O5/c1-5-9-13-23-43-71-65-51-59(67(73-45-25-15-11-7-3)49-57(65)37-31-53-27-19-17-20-28-53)39-33-55-35-41-61-63(47-55)64-48-56(36-42-62(64)69(61)70)34-40-60-52-66(72-44-24-14-10-6-2)58(38-32-54-29-21-18-22-30-54)50-68(60)74-46-26-16-12-8-4/h17-22,27-30,35-36,41-42,47-52H,5-16,23-26,43-46H2,1-4H3. The summed E-state index contributed by atoms with van der Waals surface area (Å²) in [5.74, 6) is 29.9. The van der Waals surface area contributed by atoms with Gasteiger partial charge in [0.2, 0.25) is 0 Å². The number of fused-ring (bicyclic) bond motifs is 3. The Hall–Kier alpha value is -7.57. The highest BCUT2D eigenvalue weighted by Gasteiger charge is 2.27. The fraction of sp³-hybridized carbons (Fsp3) is 0.348. The van der Waals surface area contributed by atoms with Crippen LogP contribution >= 0.6 is 0 Å². The summed E-state index contributed by atoms with van der Waals surface area (Å²) in [5.41, 5.74) is 9.41. The van der Waals surface area contributed by atoms with E-state index in [1.54, 1.807) is 0 Å². The van der Waals surface area contributed by atoms with Gasteiger partial charge in [-0.05, 0) is 97.5 Å². The van der Waals surface area contributed by atoms with Crippen LogP contribution in [0, 0.1) is 47.4 Å². The highest BCUT2D eigenvalue weighted by atomic mass is 16.5. The zero-order chi connectivity index (χ0) is 51.6. The quantitative estimate of drug-likeness (QED) is 0.0446. The van der Waals surface area contributed by atoms with Crippen LogP contribution in [0.15, 0.2) is 121 Å². The highest BCUT2D eigenvalue weighted by Crippen LogP contribution is 2.38. The summed E-state index contributed by atoms with van der Waals surface area (Å²) in [5, 5.41) is 0. The molecule has 0 saturated carbocycles. The molecule has 0 N–H and O–H groups in total. The molecule has 6 aromatic rings. The first-order valence-electron chi connectivity index (χ1n) is 27.4. The van der Waals surface area contributed by atoms with Gasteiger partial charge in [-0.3, -0.25) is 4.79 Å². The highest BCUT2D eigenvalue weighted by molar-refractivity contribution is 6.21. The van der Waals surface area contributed by atoms with Gasteiger partial charge in [-0.2, -0.15) is 0 Å². The molecule has 7 rings (SSSR count). The average molecular weight is 981 g/mol. The molecule has 0 saturated heterocycles. The minimum absolute atomic E-state index is 0.00704. The van der Waals surface area contributed by atoms with E-state index in [0.717, 1.165) is 146 Å². The first-order chi connectivity index (χ1) is 36.5. The van der Waals surface area contributed by atoms with Crippen LogP contribution in [-0.4, -0.2) is 32.2 Å². The number of hydrogen-bond donors (Lipinski definition) is 0. The Morgan fingerprint density at radius 3 is 0.892 bits per heavy atom. The number of carbonyl (C=O) groups excluding carboxylic acids is 1. The number of hydrogen-bond acceptors (Lipinski definition) is 5. The molecule has 1 aliphatic carbocycles. The van der Waals surface area contributed by atoms with Gasteiger partial charge in [0.25, 0.3) is 0 Å². The Labute approximate surface area is 442 Å². The van der Waals surface area contributed by atoms with E-state index in [4.69, 9.17) is 18.9 Å². The van der Waals surface area contributed by atoms with Crippen molar-refractivity contribution in [2.45, 2.75) is 130 Å². The summed E-state index contributed by atoms with van der Waals surface area (Å²) < 4.78 is 25.9. The molecule has 0 fully saturated rings. The zero-order valence-electron chi connectivity index (χ0n) is 44.2. The smallest absolute Gasteiger partial charge is 0.194 e. The van der Waals surface area contributed by atoms with E-state index in [1.807, 2.05) is 121 Å². The van der Waals surface area contributed by atoms with Crippen molar-refractivity contribution in [3.63, 3.8) is 0 Å². The van der Waals surface area contributed by atoms with Crippen molar-refractivity contribution < 1.29 is 23.7 Å². The normalized spacial score (nSPS) is 10.8. The van der Waals surface area contributed by atoms with Gasteiger partial charge in [0, 0.05) is 57.6 Å². The summed E-state index contributed by atoms with van der Waals surface area (Å²) in [6, 6.07) is 39.6. The van der Waals surface area contributed by atoms with Crippen LogP contribution in [0.2, 0.25) is 0 Å². The van der Waals surface area contributed by atoms with E-state index in [0.29, 0.717) is 60.6 Å². The maximum absolute atomic E-state index is 13.9. The monoisotopic (exact) mass is 981 g/mol. The summed E-state index contributed by atoms with van der Waals surface area (Å²) in [6.45, 7) is 11.2. The molecule has 378 valence electrons. The molecule has 0 aliphatic heterocycles.